The number of amides is 1. The average Bonchev–Trinajstić information content (AvgIpc) is 3.41. The summed E-state index contributed by atoms with van der Waals surface area (Å²) in [6.45, 7) is 1.98. The van der Waals surface area contributed by atoms with Crippen LogP contribution in [0.4, 0.5) is 19.0 Å². The minimum atomic E-state index is -4.39. The Bertz CT molecular complexity index is 1080. The molecule has 3 aromatic rings. The number of halogens is 4. The molecule has 4 rings (SSSR count). The highest BCUT2D eigenvalue weighted by Gasteiger charge is 2.44. The van der Waals surface area contributed by atoms with Gasteiger partial charge in [-0.2, -0.15) is 18.3 Å². The number of aromatic nitrogens is 2. The van der Waals surface area contributed by atoms with Gasteiger partial charge in [0.2, 0.25) is 5.91 Å². The predicted molar refractivity (Wildman–Crippen MR) is 108 cm³/mol. The predicted octanol–water partition coefficient (Wildman–Crippen LogP) is 5.65. The van der Waals surface area contributed by atoms with Crippen molar-refractivity contribution in [2.24, 2.45) is 5.92 Å². The van der Waals surface area contributed by atoms with Gasteiger partial charge in [0.15, 0.2) is 5.82 Å². The Morgan fingerprint density at radius 3 is 2.63 bits per heavy atom. The van der Waals surface area contributed by atoms with Crippen LogP contribution in [0.25, 0.3) is 0 Å². The molecule has 4 nitrogen and oxygen atoms in total. The van der Waals surface area contributed by atoms with Gasteiger partial charge in [-0.1, -0.05) is 35.9 Å². The quantitative estimate of drug-likeness (QED) is 0.564. The minimum Gasteiger partial charge on any atom is -0.309 e. The number of alkyl halides is 3. The third kappa shape index (κ3) is 4.51. The normalized spacial score (nSPS) is 18.3. The van der Waals surface area contributed by atoms with Gasteiger partial charge in [0.05, 0.1) is 12.1 Å². The number of nitrogens with zero attached hydrogens (tertiary/aromatic N) is 2. The molecule has 1 saturated carbocycles. The summed E-state index contributed by atoms with van der Waals surface area (Å²) in [5.74, 6) is 0.320. The Balaban J connectivity index is 1.41. The summed E-state index contributed by atoms with van der Waals surface area (Å²) in [6.07, 6.45) is -3.63. The maximum atomic E-state index is 12.9. The van der Waals surface area contributed by atoms with Crippen molar-refractivity contribution in [1.29, 1.82) is 0 Å². The van der Waals surface area contributed by atoms with E-state index in [0.717, 1.165) is 29.8 Å². The van der Waals surface area contributed by atoms with Gasteiger partial charge in [-0.15, -0.1) is 0 Å². The second-order valence-electron chi connectivity index (χ2n) is 7.52. The Morgan fingerprint density at radius 2 is 1.93 bits per heavy atom. The van der Waals surface area contributed by atoms with Gasteiger partial charge in [0.1, 0.15) is 0 Å². The number of aryl methyl sites for hydroxylation is 1. The molecule has 0 radical (unpaired) electrons. The zero-order chi connectivity index (χ0) is 21.5. The molecule has 1 fully saturated rings. The molecular weight excluding hydrogens is 415 g/mol. The van der Waals surface area contributed by atoms with Crippen LogP contribution in [0.2, 0.25) is 5.02 Å². The van der Waals surface area contributed by atoms with Gasteiger partial charge in [0, 0.05) is 22.7 Å². The molecule has 0 saturated heterocycles. The molecule has 2 aromatic carbocycles. The third-order valence-electron chi connectivity index (χ3n) is 5.24. The molecule has 1 heterocycles. The summed E-state index contributed by atoms with van der Waals surface area (Å²) in [4.78, 5) is 12.5. The third-order valence-corrected chi connectivity index (χ3v) is 5.50. The van der Waals surface area contributed by atoms with Gasteiger partial charge >= 0.3 is 6.18 Å². The molecule has 0 bridgehead atoms. The lowest BCUT2D eigenvalue weighted by atomic mass is 10.1. The molecule has 1 aliphatic carbocycles. The number of benzene rings is 2. The highest BCUT2D eigenvalue weighted by Crippen LogP contribution is 2.48. The summed E-state index contributed by atoms with van der Waals surface area (Å²) in [5.41, 5.74) is 1.61. The first-order chi connectivity index (χ1) is 14.2. The van der Waals surface area contributed by atoms with E-state index < -0.39 is 11.7 Å². The first-order valence-electron chi connectivity index (χ1n) is 9.47. The fraction of sp³-hybridized carbons (Fsp3) is 0.273. The summed E-state index contributed by atoms with van der Waals surface area (Å²) in [6, 6.07) is 14.3. The number of nitrogens with one attached hydrogen (secondary N) is 1. The maximum absolute atomic E-state index is 12.9. The molecule has 1 amide bonds. The van der Waals surface area contributed by atoms with Crippen LogP contribution in [0.15, 0.2) is 54.6 Å². The summed E-state index contributed by atoms with van der Waals surface area (Å²) < 4.78 is 40.3. The largest absolute Gasteiger partial charge is 0.416 e. The van der Waals surface area contributed by atoms with E-state index in [9.17, 15) is 18.0 Å². The smallest absolute Gasteiger partial charge is 0.309 e. The van der Waals surface area contributed by atoms with Crippen LogP contribution < -0.4 is 5.32 Å². The van der Waals surface area contributed by atoms with E-state index in [-0.39, 0.29) is 24.3 Å². The molecule has 1 aromatic heterocycles. The van der Waals surface area contributed by atoms with Crippen molar-refractivity contribution >= 4 is 23.3 Å². The first kappa shape index (κ1) is 20.5. The lowest BCUT2D eigenvalue weighted by Gasteiger charge is -2.09. The van der Waals surface area contributed by atoms with Gasteiger partial charge in [-0.05, 0) is 54.7 Å². The second-order valence-corrected chi connectivity index (χ2v) is 7.95. The van der Waals surface area contributed by atoms with Gasteiger partial charge in [-0.25, -0.2) is 0 Å². The lowest BCUT2D eigenvalue weighted by molar-refractivity contribution is -0.137. The number of carbonyl (C=O) groups is 1. The summed E-state index contributed by atoms with van der Waals surface area (Å²) in [7, 11) is 0. The average molecular weight is 434 g/mol. The molecule has 1 aliphatic rings. The van der Waals surface area contributed by atoms with E-state index in [0.29, 0.717) is 16.4 Å². The van der Waals surface area contributed by atoms with E-state index in [1.165, 1.54) is 6.07 Å². The van der Waals surface area contributed by atoms with Crippen LogP contribution in [0.5, 0.6) is 0 Å². The molecule has 1 N–H and O–H groups in total. The van der Waals surface area contributed by atoms with Crippen molar-refractivity contribution in [3.05, 3.63) is 82.0 Å². The van der Waals surface area contributed by atoms with Crippen molar-refractivity contribution in [1.82, 2.24) is 9.78 Å². The molecule has 30 heavy (non-hydrogen) atoms. The van der Waals surface area contributed by atoms with Crippen molar-refractivity contribution in [3.8, 4) is 0 Å². The van der Waals surface area contributed by atoms with Crippen LogP contribution in [0.1, 0.15) is 34.7 Å². The van der Waals surface area contributed by atoms with Crippen LogP contribution in [-0.2, 0) is 17.5 Å². The number of carbonyl (C=O) groups excluding carboxylic acids is 1. The van der Waals surface area contributed by atoms with Crippen LogP contribution >= 0.6 is 11.6 Å². The Morgan fingerprint density at radius 1 is 1.20 bits per heavy atom. The van der Waals surface area contributed by atoms with Crippen molar-refractivity contribution in [2.75, 3.05) is 5.32 Å². The first-order valence-corrected chi connectivity index (χ1v) is 9.85. The molecule has 0 aliphatic heterocycles. The highest BCUT2D eigenvalue weighted by molar-refractivity contribution is 6.30. The van der Waals surface area contributed by atoms with Crippen LogP contribution in [0.3, 0.4) is 0 Å². The minimum absolute atomic E-state index is 0.112. The van der Waals surface area contributed by atoms with Crippen molar-refractivity contribution in [3.63, 3.8) is 0 Å². The number of rotatable bonds is 5. The number of hydrogen-bond donors (Lipinski definition) is 1. The van der Waals surface area contributed by atoms with Crippen LogP contribution in [-0.4, -0.2) is 15.7 Å². The standard InChI is InChI=1S/C22H19ClF3N3O/c1-13-9-20(27-21(30)19-11-18(19)15-5-7-17(23)8-6-15)28-29(13)12-14-3-2-4-16(10-14)22(24,25)26/h2-10,18-19H,11-12H2,1H3,(H,27,28,30). The highest BCUT2D eigenvalue weighted by atomic mass is 35.5. The zero-order valence-corrected chi connectivity index (χ0v) is 16.8. The van der Waals surface area contributed by atoms with Gasteiger partial charge < -0.3 is 5.32 Å². The Kier molecular flexibility index (Phi) is 5.32. The lowest BCUT2D eigenvalue weighted by Crippen LogP contribution is -2.15. The van der Waals surface area contributed by atoms with E-state index in [4.69, 9.17) is 11.6 Å². The van der Waals surface area contributed by atoms with E-state index in [1.54, 1.807) is 23.7 Å². The SMILES string of the molecule is Cc1cc(NC(=O)C2CC2c2ccc(Cl)cc2)nn1Cc1cccc(C(F)(F)F)c1. The summed E-state index contributed by atoms with van der Waals surface area (Å²) >= 11 is 5.90. The van der Waals surface area contributed by atoms with Crippen LogP contribution in [0, 0.1) is 12.8 Å². The zero-order valence-electron chi connectivity index (χ0n) is 16.1. The number of anilines is 1. The fourth-order valence-corrected chi connectivity index (χ4v) is 3.66. The maximum Gasteiger partial charge on any atom is 0.416 e. The molecular formula is C22H19ClF3N3O. The van der Waals surface area contributed by atoms with E-state index in [2.05, 4.69) is 10.4 Å². The molecule has 2 unspecified atom stereocenters. The van der Waals surface area contributed by atoms with E-state index in [1.807, 2.05) is 24.3 Å². The fourth-order valence-electron chi connectivity index (χ4n) is 3.53. The van der Waals surface area contributed by atoms with Gasteiger partial charge in [0.25, 0.3) is 0 Å². The summed E-state index contributed by atoms with van der Waals surface area (Å²) in [5, 5.41) is 7.82. The Labute approximate surface area is 176 Å². The van der Waals surface area contributed by atoms with Crippen molar-refractivity contribution in [2.45, 2.75) is 32.0 Å². The molecule has 0 spiro atoms. The van der Waals surface area contributed by atoms with Crippen molar-refractivity contribution < 1.29 is 18.0 Å². The topological polar surface area (TPSA) is 46.9 Å². The number of hydrogen-bond acceptors (Lipinski definition) is 2. The monoisotopic (exact) mass is 433 g/mol. The Hall–Kier alpha value is -2.80. The molecule has 8 heteroatoms. The van der Waals surface area contributed by atoms with Gasteiger partial charge in [-0.3, -0.25) is 9.48 Å². The molecule has 156 valence electrons. The second kappa shape index (κ2) is 7.80. The van der Waals surface area contributed by atoms with E-state index >= 15 is 0 Å². The molecule has 2 atom stereocenters.